The Morgan fingerprint density at radius 3 is 2.76 bits per heavy atom. The van der Waals surface area contributed by atoms with Gasteiger partial charge in [-0.2, -0.15) is 0 Å². The second-order valence-corrected chi connectivity index (χ2v) is 9.40. The molecule has 1 N–H and O–H groups in total. The molecule has 0 amide bonds. The standard InChI is InChI=1S/C20H27N5O3S/c1-24-11-7-16-14-25(15-19(16)24)20-4-3-18(13-22-20)29(26,27)23-8-2-12-28-17-5-9-21-10-6-17/h3-6,9-10,13,16,19,23H,2,7-8,11-12,14-15H2,1H3/t16-,19+/m1/s1. The van der Waals surface area contributed by atoms with Crippen molar-refractivity contribution in [2.75, 3.05) is 44.7 Å². The van der Waals surface area contributed by atoms with E-state index in [2.05, 4.69) is 31.5 Å². The van der Waals surface area contributed by atoms with Gasteiger partial charge in [-0.25, -0.2) is 18.1 Å². The van der Waals surface area contributed by atoms with Crippen LogP contribution >= 0.6 is 0 Å². The SMILES string of the molecule is CN1CC[C@@H]2CN(c3ccc(S(=O)(=O)NCCCOc4ccncc4)cn3)C[C@@H]21. The van der Waals surface area contributed by atoms with Gasteiger partial charge in [0.15, 0.2) is 0 Å². The van der Waals surface area contributed by atoms with Crippen molar-refractivity contribution in [2.24, 2.45) is 5.92 Å². The van der Waals surface area contributed by atoms with Crippen LogP contribution in [0.3, 0.4) is 0 Å². The maximum Gasteiger partial charge on any atom is 0.242 e. The van der Waals surface area contributed by atoms with E-state index in [1.165, 1.54) is 12.6 Å². The molecule has 0 saturated carbocycles. The van der Waals surface area contributed by atoms with E-state index in [-0.39, 0.29) is 4.90 Å². The Bertz CT molecular complexity index is 907. The van der Waals surface area contributed by atoms with E-state index in [1.807, 2.05) is 6.07 Å². The number of likely N-dealkylation sites (N-methyl/N-ethyl adjacent to an activating group) is 1. The minimum Gasteiger partial charge on any atom is -0.493 e. The number of pyridine rings is 2. The van der Waals surface area contributed by atoms with Crippen LogP contribution in [0.1, 0.15) is 12.8 Å². The van der Waals surface area contributed by atoms with Crippen molar-refractivity contribution in [3.05, 3.63) is 42.9 Å². The number of aromatic nitrogens is 2. The van der Waals surface area contributed by atoms with E-state index in [1.54, 1.807) is 30.6 Å². The molecule has 0 aromatic carbocycles. The molecular formula is C20H27N5O3S. The zero-order chi connectivity index (χ0) is 20.3. The number of hydrogen-bond acceptors (Lipinski definition) is 7. The smallest absolute Gasteiger partial charge is 0.242 e. The Labute approximate surface area is 172 Å². The van der Waals surface area contributed by atoms with Gasteiger partial charge >= 0.3 is 0 Å². The van der Waals surface area contributed by atoms with Crippen LogP contribution in [0.4, 0.5) is 5.82 Å². The number of nitrogens with one attached hydrogen (secondary N) is 1. The fourth-order valence-corrected chi connectivity index (χ4v) is 5.08. The second-order valence-electron chi connectivity index (χ2n) is 7.64. The van der Waals surface area contributed by atoms with Gasteiger partial charge in [-0.3, -0.25) is 4.98 Å². The van der Waals surface area contributed by atoms with Crippen LogP contribution in [-0.4, -0.2) is 69.2 Å². The van der Waals surface area contributed by atoms with Crippen molar-refractivity contribution in [2.45, 2.75) is 23.8 Å². The lowest BCUT2D eigenvalue weighted by Crippen LogP contribution is -2.32. The Morgan fingerprint density at radius 1 is 1.21 bits per heavy atom. The van der Waals surface area contributed by atoms with Gasteiger partial charge in [-0.15, -0.1) is 0 Å². The third kappa shape index (κ3) is 4.68. The van der Waals surface area contributed by atoms with Crippen LogP contribution in [0, 0.1) is 5.92 Å². The summed E-state index contributed by atoms with van der Waals surface area (Å²) in [7, 11) is -1.40. The highest BCUT2D eigenvalue weighted by molar-refractivity contribution is 7.89. The highest BCUT2D eigenvalue weighted by Gasteiger charge is 2.39. The molecule has 2 atom stereocenters. The molecule has 0 bridgehead atoms. The predicted octanol–water partition coefficient (Wildman–Crippen LogP) is 1.36. The fourth-order valence-electron chi connectivity index (χ4n) is 4.06. The van der Waals surface area contributed by atoms with E-state index in [4.69, 9.17) is 4.74 Å². The Kier molecular flexibility index (Phi) is 5.98. The van der Waals surface area contributed by atoms with Crippen LogP contribution in [0.5, 0.6) is 5.75 Å². The zero-order valence-corrected chi connectivity index (χ0v) is 17.4. The molecule has 4 heterocycles. The number of nitrogens with zero attached hydrogens (tertiary/aromatic N) is 4. The molecule has 2 aliphatic rings. The molecule has 0 spiro atoms. The summed E-state index contributed by atoms with van der Waals surface area (Å²) in [6.45, 7) is 3.83. The average molecular weight is 418 g/mol. The number of sulfonamides is 1. The number of anilines is 1. The van der Waals surface area contributed by atoms with Crippen LogP contribution < -0.4 is 14.4 Å². The van der Waals surface area contributed by atoms with E-state index in [0.717, 1.165) is 31.2 Å². The number of fused-ring (bicyclic) bond motifs is 1. The third-order valence-corrected chi connectivity index (χ3v) is 7.16. The van der Waals surface area contributed by atoms with Crippen molar-refractivity contribution < 1.29 is 13.2 Å². The molecule has 8 nitrogen and oxygen atoms in total. The van der Waals surface area contributed by atoms with Crippen molar-refractivity contribution in [1.82, 2.24) is 19.6 Å². The Hall–Kier alpha value is -2.23. The van der Waals surface area contributed by atoms with E-state index >= 15 is 0 Å². The first-order valence-electron chi connectivity index (χ1n) is 9.97. The largest absolute Gasteiger partial charge is 0.493 e. The minimum absolute atomic E-state index is 0.188. The molecule has 0 aliphatic carbocycles. The number of rotatable bonds is 8. The van der Waals surface area contributed by atoms with Gasteiger partial charge in [0.2, 0.25) is 10.0 Å². The van der Waals surface area contributed by atoms with Crippen molar-refractivity contribution in [1.29, 1.82) is 0 Å². The Balaban J connectivity index is 1.26. The topological polar surface area (TPSA) is 87.7 Å². The van der Waals surface area contributed by atoms with Gasteiger partial charge in [0.25, 0.3) is 0 Å². The summed E-state index contributed by atoms with van der Waals surface area (Å²) >= 11 is 0. The molecule has 4 rings (SSSR count). The molecule has 156 valence electrons. The molecule has 2 saturated heterocycles. The summed E-state index contributed by atoms with van der Waals surface area (Å²) in [5.41, 5.74) is 0. The normalized spacial score (nSPS) is 22.0. The summed E-state index contributed by atoms with van der Waals surface area (Å²) < 4.78 is 33.1. The van der Waals surface area contributed by atoms with Gasteiger partial charge in [0.05, 0.1) is 6.61 Å². The minimum atomic E-state index is -3.57. The lowest BCUT2D eigenvalue weighted by molar-refractivity contribution is 0.310. The summed E-state index contributed by atoms with van der Waals surface area (Å²) in [5.74, 6) is 2.25. The molecule has 9 heteroatoms. The lowest BCUT2D eigenvalue weighted by Gasteiger charge is -2.21. The van der Waals surface area contributed by atoms with E-state index < -0.39 is 10.0 Å². The highest BCUT2D eigenvalue weighted by Crippen LogP contribution is 2.32. The molecule has 29 heavy (non-hydrogen) atoms. The predicted molar refractivity (Wildman–Crippen MR) is 111 cm³/mol. The van der Waals surface area contributed by atoms with Gasteiger partial charge < -0.3 is 14.5 Å². The summed E-state index contributed by atoms with van der Waals surface area (Å²) in [4.78, 5) is 13.2. The molecule has 0 radical (unpaired) electrons. The zero-order valence-electron chi connectivity index (χ0n) is 16.6. The van der Waals surface area contributed by atoms with Crippen LogP contribution in [0.15, 0.2) is 47.8 Å². The van der Waals surface area contributed by atoms with Crippen molar-refractivity contribution in [3.8, 4) is 5.75 Å². The van der Waals surface area contributed by atoms with E-state index in [0.29, 0.717) is 31.5 Å². The fraction of sp³-hybridized carbons (Fsp3) is 0.500. The number of likely N-dealkylation sites (tertiary alicyclic amines) is 1. The molecule has 2 aromatic heterocycles. The van der Waals surface area contributed by atoms with E-state index in [9.17, 15) is 8.42 Å². The van der Waals surface area contributed by atoms with Crippen LogP contribution in [-0.2, 0) is 10.0 Å². The first kappa shape index (κ1) is 20.1. The van der Waals surface area contributed by atoms with Gasteiger partial charge in [0, 0.05) is 44.3 Å². The quantitative estimate of drug-likeness (QED) is 0.649. The third-order valence-electron chi connectivity index (χ3n) is 5.71. The van der Waals surface area contributed by atoms with Gasteiger partial charge in [0.1, 0.15) is 16.5 Å². The summed E-state index contributed by atoms with van der Waals surface area (Å²) in [5, 5.41) is 0. The molecule has 2 aromatic rings. The Morgan fingerprint density at radius 2 is 2.03 bits per heavy atom. The highest BCUT2D eigenvalue weighted by atomic mass is 32.2. The molecule has 2 aliphatic heterocycles. The molecule has 0 unspecified atom stereocenters. The summed E-state index contributed by atoms with van der Waals surface area (Å²) in [6, 6.07) is 7.56. The van der Waals surface area contributed by atoms with Gasteiger partial charge in [-0.05, 0) is 56.6 Å². The monoisotopic (exact) mass is 417 g/mol. The van der Waals surface area contributed by atoms with Crippen molar-refractivity contribution >= 4 is 15.8 Å². The first-order chi connectivity index (χ1) is 14.0. The second kappa shape index (κ2) is 8.64. The molecular weight excluding hydrogens is 390 g/mol. The van der Waals surface area contributed by atoms with Crippen LogP contribution in [0.25, 0.3) is 0 Å². The van der Waals surface area contributed by atoms with Crippen LogP contribution in [0.2, 0.25) is 0 Å². The lowest BCUT2D eigenvalue weighted by atomic mass is 10.1. The average Bonchev–Trinajstić information content (AvgIpc) is 3.31. The van der Waals surface area contributed by atoms with Crippen molar-refractivity contribution in [3.63, 3.8) is 0 Å². The van der Waals surface area contributed by atoms with Gasteiger partial charge in [-0.1, -0.05) is 0 Å². The molecule has 2 fully saturated rings. The first-order valence-corrected chi connectivity index (χ1v) is 11.4. The number of ether oxygens (including phenoxy) is 1. The number of hydrogen-bond donors (Lipinski definition) is 1. The maximum absolute atomic E-state index is 12.5. The summed E-state index contributed by atoms with van der Waals surface area (Å²) in [6.07, 6.45) is 6.54. The maximum atomic E-state index is 12.5.